The minimum atomic E-state index is 0.333. The highest BCUT2D eigenvalue weighted by Crippen LogP contribution is 2.34. The van der Waals surface area contributed by atoms with Gasteiger partial charge in [0.1, 0.15) is 12.4 Å². The molecule has 3 aromatic rings. The van der Waals surface area contributed by atoms with Gasteiger partial charge in [0.15, 0.2) is 11.5 Å². The molecule has 0 unspecified atom stereocenters. The SMILES string of the molecule is COc1cc2c(Cl)cnnc2cc1OCc1nccn1C. The molecule has 2 heterocycles. The smallest absolute Gasteiger partial charge is 0.164 e. The lowest BCUT2D eigenvalue weighted by atomic mass is 10.2. The molecule has 3 rings (SSSR count). The van der Waals surface area contributed by atoms with Crippen LogP contribution in [0.4, 0.5) is 0 Å². The van der Waals surface area contributed by atoms with Gasteiger partial charge in [0.2, 0.25) is 0 Å². The average molecular weight is 305 g/mol. The maximum absolute atomic E-state index is 6.11. The molecule has 0 aliphatic rings. The molecule has 0 fully saturated rings. The Kier molecular flexibility index (Phi) is 3.62. The average Bonchev–Trinajstić information content (AvgIpc) is 2.90. The van der Waals surface area contributed by atoms with Gasteiger partial charge in [0, 0.05) is 30.9 Å². The molecule has 1 aromatic carbocycles. The van der Waals surface area contributed by atoms with Crippen LogP contribution in [0.25, 0.3) is 10.9 Å². The molecule has 6 nitrogen and oxygen atoms in total. The Morgan fingerprint density at radius 2 is 2.14 bits per heavy atom. The zero-order chi connectivity index (χ0) is 14.8. The molecule has 0 N–H and O–H groups in total. The number of benzene rings is 1. The summed E-state index contributed by atoms with van der Waals surface area (Å²) < 4.78 is 13.0. The van der Waals surface area contributed by atoms with Crippen LogP contribution in [0.2, 0.25) is 5.02 Å². The largest absolute Gasteiger partial charge is 0.493 e. The molecule has 0 aliphatic heterocycles. The molecule has 0 amide bonds. The van der Waals surface area contributed by atoms with Crippen molar-refractivity contribution in [1.29, 1.82) is 0 Å². The summed E-state index contributed by atoms with van der Waals surface area (Å²) in [5.41, 5.74) is 0.651. The fourth-order valence-electron chi connectivity index (χ4n) is 1.98. The number of nitrogens with zero attached hydrogens (tertiary/aromatic N) is 4. The Morgan fingerprint density at radius 3 is 2.86 bits per heavy atom. The quantitative estimate of drug-likeness (QED) is 0.741. The fraction of sp³-hybridized carbons (Fsp3) is 0.214. The Bertz CT molecular complexity index is 788. The highest BCUT2D eigenvalue weighted by atomic mass is 35.5. The van der Waals surface area contributed by atoms with E-state index < -0.39 is 0 Å². The van der Waals surface area contributed by atoms with Crippen molar-refractivity contribution in [3.8, 4) is 11.5 Å². The Morgan fingerprint density at radius 1 is 1.29 bits per heavy atom. The molecular weight excluding hydrogens is 292 g/mol. The van der Waals surface area contributed by atoms with Gasteiger partial charge >= 0.3 is 0 Å². The van der Waals surface area contributed by atoms with E-state index in [9.17, 15) is 0 Å². The van der Waals surface area contributed by atoms with Gasteiger partial charge in [-0.2, -0.15) is 10.2 Å². The lowest BCUT2D eigenvalue weighted by Gasteiger charge is -2.12. The maximum Gasteiger partial charge on any atom is 0.164 e. The van der Waals surface area contributed by atoms with Crippen LogP contribution in [0.5, 0.6) is 11.5 Å². The van der Waals surface area contributed by atoms with Gasteiger partial charge in [-0.05, 0) is 6.07 Å². The van der Waals surface area contributed by atoms with Crippen LogP contribution in [0.15, 0.2) is 30.7 Å². The van der Waals surface area contributed by atoms with Crippen LogP contribution >= 0.6 is 11.6 Å². The first-order valence-corrected chi connectivity index (χ1v) is 6.65. The van der Waals surface area contributed by atoms with Crippen molar-refractivity contribution in [1.82, 2.24) is 19.7 Å². The molecule has 7 heteroatoms. The van der Waals surface area contributed by atoms with E-state index in [0.717, 1.165) is 11.2 Å². The fourth-order valence-corrected chi connectivity index (χ4v) is 2.18. The third-order valence-corrected chi connectivity index (χ3v) is 3.45. The first-order valence-electron chi connectivity index (χ1n) is 6.27. The van der Waals surface area contributed by atoms with Crippen molar-refractivity contribution in [2.24, 2.45) is 7.05 Å². The van der Waals surface area contributed by atoms with Crippen LogP contribution in [0.1, 0.15) is 5.82 Å². The number of halogens is 1. The molecule has 0 radical (unpaired) electrons. The molecular formula is C14H13ClN4O2. The van der Waals surface area contributed by atoms with Crippen LogP contribution in [0.3, 0.4) is 0 Å². The summed E-state index contributed by atoms with van der Waals surface area (Å²) in [6, 6.07) is 3.55. The normalized spacial score (nSPS) is 10.8. The van der Waals surface area contributed by atoms with Crippen molar-refractivity contribution in [3.63, 3.8) is 0 Å². The van der Waals surface area contributed by atoms with Gasteiger partial charge < -0.3 is 14.0 Å². The Balaban J connectivity index is 1.95. The predicted octanol–water partition coefficient (Wildman–Crippen LogP) is 2.60. The van der Waals surface area contributed by atoms with E-state index in [1.54, 1.807) is 25.4 Å². The Labute approximate surface area is 126 Å². The van der Waals surface area contributed by atoms with Crippen molar-refractivity contribution in [2.75, 3.05) is 7.11 Å². The first kappa shape index (κ1) is 13.6. The molecule has 0 saturated carbocycles. The summed E-state index contributed by atoms with van der Waals surface area (Å²) in [6.45, 7) is 0.333. The monoisotopic (exact) mass is 304 g/mol. The number of aromatic nitrogens is 4. The van der Waals surface area contributed by atoms with E-state index >= 15 is 0 Å². The van der Waals surface area contributed by atoms with Crippen LogP contribution in [0, 0.1) is 0 Å². The first-order chi connectivity index (χ1) is 10.2. The van der Waals surface area contributed by atoms with Gasteiger partial charge in [-0.3, -0.25) is 0 Å². The van der Waals surface area contributed by atoms with E-state index in [0.29, 0.717) is 28.6 Å². The summed E-state index contributed by atoms with van der Waals surface area (Å²) in [5.74, 6) is 1.98. The second-order valence-electron chi connectivity index (χ2n) is 4.46. The molecule has 21 heavy (non-hydrogen) atoms. The highest BCUT2D eigenvalue weighted by Gasteiger charge is 2.11. The van der Waals surface area contributed by atoms with Gasteiger partial charge in [-0.1, -0.05) is 11.6 Å². The number of methoxy groups -OCH3 is 1. The van der Waals surface area contributed by atoms with Gasteiger partial charge in [0.25, 0.3) is 0 Å². The second kappa shape index (κ2) is 5.57. The van der Waals surface area contributed by atoms with Crippen molar-refractivity contribution in [2.45, 2.75) is 6.61 Å². The summed E-state index contributed by atoms with van der Waals surface area (Å²) in [4.78, 5) is 4.21. The number of fused-ring (bicyclic) bond motifs is 1. The molecule has 0 aliphatic carbocycles. The third kappa shape index (κ3) is 2.62. The topological polar surface area (TPSA) is 62.1 Å². The van der Waals surface area contributed by atoms with E-state index in [-0.39, 0.29) is 0 Å². The number of hydrogen-bond donors (Lipinski definition) is 0. The zero-order valence-electron chi connectivity index (χ0n) is 11.6. The van der Waals surface area contributed by atoms with Gasteiger partial charge in [0.05, 0.1) is 23.8 Å². The third-order valence-electron chi connectivity index (χ3n) is 3.15. The van der Waals surface area contributed by atoms with Crippen molar-refractivity contribution in [3.05, 3.63) is 41.6 Å². The van der Waals surface area contributed by atoms with Crippen LogP contribution < -0.4 is 9.47 Å². The molecule has 0 saturated heterocycles. The summed E-state index contributed by atoms with van der Waals surface area (Å²) >= 11 is 6.11. The molecule has 2 aromatic heterocycles. The van der Waals surface area contributed by atoms with E-state index in [1.807, 2.05) is 17.8 Å². The van der Waals surface area contributed by atoms with Gasteiger partial charge in [-0.25, -0.2) is 4.98 Å². The zero-order valence-corrected chi connectivity index (χ0v) is 12.3. The van der Waals surface area contributed by atoms with Crippen LogP contribution in [-0.4, -0.2) is 26.9 Å². The second-order valence-corrected chi connectivity index (χ2v) is 4.86. The minimum Gasteiger partial charge on any atom is -0.493 e. The summed E-state index contributed by atoms with van der Waals surface area (Å²) in [5, 5.41) is 9.18. The number of rotatable bonds is 4. The lowest BCUT2D eigenvalue weighted by Crippen LogP contribution is -2.04. The van der Waals surface area contributed by atoms with E-state index in [4.69, 9.17) is 21.1 Å². The summed E-state index contributed by atoms with van der Waals surface area (Å²) in [7, 11) is 3.49. The summed E-state index contributed by atoms with van der Waals surface area (Å²) in [6.07, 6.45) is 5.08. The molecule has 0 spiro atoms. The number of imidazole rings is 1. The number of ether oxygens (including phenoxy) is 2. The maximum atomic E-state index is 6.11. The van der Waals surface area contributed by atoms with Crippen LogP contribution in [-0.2, 0) is 13.7 Å². The lowest BCUT2D eigenvalue weighted by molar-refractivity contribution is 0.273. The number of aryl methyl sites for hydroxylation is 1. The molecule has 0 atom stereocenters. The Hall–Kier alpha value is -2.34. The molecule has 108 valence electrons. The highest BCUT2D eigenvalue weighted by molar-refractivity contribution is 6.35. The minimum absolute atomic E-state index is 0.333. The number of hydrogen-bond acceptors (Lipinski definition) is 5. The van der Waals surface area contributed by atoms with E-state index in [2.05, 4.69) is 15.2 Å². The predicted molar refractivity (Wildman–Crippen MR) is 78.6 cm³/mol. The van der Waals surface area contributed by atoms with E-state index in [1.165, 1.54) is 6.20 Å². The van der Waals surface area contributed by atoms with Crippen molar-refractivity contribution >= 4 is 22.5 Å². The van der Waals surface area contributed by atoms with Crippen molar-refractivity contribution < 1.29 is 9.47 Å². The standard InChI is InChI=1S/C14H13ClN4O2/c1-19-4-3-16-14(19)8-21-13-6-11-9(5-12(13)20-2)10(15)7-17-18-11/h3-7H,8H2,1-2H3. The molecule has 0 bridgehead atoms. The van der Waals surface area contributed by atoms with Gasteiger partial charge in [-0.15, -0.1) is 0 Å².